The van der Waals surface area contributed by atoms with Gasteiger partial charge in [0.1, 0.15) is 19.8 Å². The number of hydrogen-bond donors (Lipinski definition) is 1. The maximum absolute atomic E-state index is 12.7. The monoisotopic (exact) mass is 763 g/mol. The van der Waals surface area contributed by atoms with Crippen LogP contribution in [0, 0.1) is 0 Å². The van der Waals surface area contributed by atoms with Crippen molar-refractivity contribution in [3.63, 3.8) is 0 Å². The highest BCUT2D eigenvalue weighted by Crippen LogP contribution is 2.43. The van der Waals surface area contributed by atoms with Crippen molar-refractivity contribution in [2.45, 2.75) is 200 Å². The molecular weight excluding hydrogens is 679 g/mol. The first-order valence-corrected chi connectivity index (χ1v) is 22.9. The van der Waals surface area contributed by atoms with Gasteiger partial charge in [0.15, 0.2) is 6.10 Å². The summed E-state index contributed by atoms with van der Waals surface area (Å²) >= 11 is 0. The van der Waals surface area contributed by atoms with Crippen molar-refractivity contribution in [1.29, 1.82) is 0 Å². The molecule has 1 unspecified atom stereocenters. The molecule has 52 heavy (non-hydrogen) atoms. The van der Waals surface area contributed by atoms with E-state index in [1.165, 1.54) is 109 Å². The van der Waals surface area contributed by atoms with E-state index in [1.54, 1.807) is 0 Å². The number of hydrogen-bond acceptors (Lipinski definition) is 7. The summed E-state index contributed by atoms with van der Waals surface area (Å²) < 4.78 is 34.3. The molecule has 308 valence electrons. The second-order valence-corrected chi connectivity index (χ2v) is 17.2. The van der Waals surface area contributed by atoms with Gasteiger partial charge in [-0.1, -0.05) is 154 Å². The van der Waals surface area contributed by atoms with Crippen LogP contribution in [-0.2, 0) is 32.7 Å². The van der Waals surface area contributed by atoms with Gasteiger partial charge in [-0.05, 0) is 38.5 Å². The Kier molecular flexibility index (Phi) is 34.6. The zero-order chi connectivity index (χ0) is 38.6. The van der Waals surface area contributed by atoms with Crippen molar-refractivity contribution in [2.75, 3.05) is 47.5 Å². The number of nitrogens with zero attached hydrogens (tertiary/aromatic N) is 1. The van der Waals surface area contributed by atoms with Gasteiger partial charge in [-0.3, -0.25) is 18.6 Å². The van der Waals surface area contributed by atoms with E-state index < -0.39 is 26.5 Å². The first kappa shape index (κ1) is 50.8. The Morgan fingerprint density at radius 1 is 0.654 bits per heavy atom. The molecule has 0 aliphatic heterocycles. The number of allylic oxidation sites excluding steroid dienone is 2. The van der Waals surface area contributed by atoms with Crippen LogP contribution in [-0.4, -0.2) is 74.9 Å². The molecule has 0 radical (unpaired) electrons. The predicted molar refractivity (Wildman–Crippen MR) is 215 cm³/mol. The van der Waals surface area contributed by atoms with Crippen molar-refractivity contribution >= 4 is 19.8 Å². The van der Waals surface area contributed by atoms with Crippen molar-refractivity contribution in [3.05, 3.63) is 12.2 Å². The van der Waals surface area contributed by atoms with Crippen molar-refractivity contribution in [3.8, 4) is 0 Å². The molecule has 2 atom stereocenters. The third kappa shape index (κ3) is 38.5. The Balaban J connectivity index is 4.37. The number of quaternary nitrogens is 1. The second-order valence-electron chi connectivity index (χ2n) is 15.7. The molecule has 0 saturated heterocycles. The summed E-state index contributed by atoms with van der Waals surface area (Å²) in [6.45, 7) is 4.42. The zero-order valence-electron chi connectivity index (χ0n) is 34.6. The van der Waals surface area contributed by atoms with E-state index in [2.05, 4.69) is 26.0 Å². The summed E-state index contributed by atoms with van der Waals surface area (Å²) in [5, 5.41) is 0. The van der Waals surface area contributed by atoms with E-state index in [-0.39, 0.29) is 25.6 Å². The van der Waals surface area contributed by atoms with E-state index >= 15 is 0 Å². The zero-order valence-corrected chi connectivity index (χ0v) is 35.5. The van der Waals surface area contributed by atoms with Gasteiger partial charge in [-0.2, -0.15) is 0 Å². The van der Waals surface area contributed by atoms with Crippen LogP contribution in [0.4, 0.5) is 0 Å². The number of rotatable bonds is 39. The first-order valence-electron chi connectivity index (χ1n) is 21.4. The molecule has 10 heteroatoms. The maximum atomic E-state index is 12.7. The Hall–Kier alpha value is -1.25. The van der Waals surface area contributed by atoms with Crippen molar-refractivity contribution in [2.24, 2.45) is 0 Å². The van der Waals surface area contributed by atoms with E-state index in [0.717, 1.165) is 51.4 Å². The largest absolute Gasteiger partial charge is 0.472 e. The van der Waals surface area contributed by atoms with Gasteiger partial charge in [-0.15, -0.1) is 0 Å². The topological polar surface area (TPSA) is 108 Å². The standard InChI is InChI=1S/C42H82NO8P/c1-6-8-10-12-14-16-18-20-21-23-25-27-29-31-33-35-42(45)51-40(39-50-52(46,47)49-37-36-43(3,4)5)38-48-41(44)34-32-30-28-26-24-22-19-17-15-13-11-9-7-2/h20-21,40H,6-19,22-39H2,1-5H3/p+1/t40-/m1/s1/i41+2. The number of unbranched alkanes of at least 4 members (excludes halogenated alkanes) is 23. The Labute approximate surface area is 320 Å². The van der Waals surface area contributed by atoms with Gasteiger partial charge in [-0.25, -0.2) is 4.57 Å². The average Bonchev–Trinajstić information content (AvgIpc) is 3.09. The van der Waals surface area contributed by atoms with Crippen LogP contribution in [0.1, 0.15) is 194 Å². The van der Waals surface area contributed by atoms with Crippen LogP contribution >= 0.6 is 7.82 Å². The number of esters is 2. The molecule has 0 rings (SSSR count). The minimum Gasteiger partial charge on any atom is -0.462 e. The molecule has 0 aromatic heterocycles. The van der Waals surface area contributed by atoms with Crippen LogP contribution in [0.3, 0.4) is 0 Å². The third-order valence-electron chi connectivity index (χ3n) is 9.30. The summed E-state index contributed by atoms with van der Waals surface area (Å²) in [5.74, 6) is -0.801. The van der Waals surface area contributed by atoms with Crippen LogP contribution in [0.5, 0.6) is 0 Å². The van der Waals surface area contributed by atoms with Crippen molar-refractivity contribution < 1.29 is 42.1 Å². The predicted octanol–water partition coefficient (Wildman–Crippen LogP) is 11.8. The molecule has 0 bridgehead atoms. The minimum atomic E-state index is -4.37. The van der Waals surface area contributed by atoms with Crippen LogP contribution in [0.25, 0.3) is 0 Å². The molecule has 0 heterocycles. The number of carbonyl (C=O) groups is 2. The van der Waals surface area contributed by atoms with E-state index in [0.29, 0.717) is 23.9 Å². The molecule has 0 fully saturated rings. The highest BCUT2D eigenvalue weighted by Gasteiger charge is 2.27. The van der Waals surface area contributed by atoms with Gasteiger partial charge in [0.2, 0.25) is 0 Å². The molecular formula is C42H83NO8P+. The normalized spacial score (nSPS) is 13.7. The summed E-state index contributed by atoms with van der Waals surface area (Å²) in [6.07, 6.45) is 35.3. The van der Waals surface area contributed by atoms with Crippen LogP contribution < -0.4 is 0 Å². The molecule has 0 aliphatic carbocycles. The fourth-order valence-corrected chi connectivity index (χ4v) is 6.63. The smallest absolute Gasteiger partial charge is 0.462 e. The van der Waals surface area contributed by atoms with Crippen LogP contribution in [0.2, 0.25) is 0 Å². The fourth-order valence-electron chi connectivity index (χ4n) is 5.89. The Morgan fingerprint density at radius 3 is 1.58 bits per heavy atom. The summed E-state index contributed by atoms with van der Waals surface area (Å²) in [4.78, 5) is 35.3. The molecule has 0 aromatic carbocycles. The Morgan fingerprint density at radius 2 is 1.10 bits per heavy atom. The number of phosphoric acid groups is 1. The lowest BCUT2D eigenvalue weighted by atomic mass is 10.0. The van der Waals surface area contributed by atoms with Gasteiger partial charge in [0, 0.05) is 12.8 Å². The molecule has 0 spiro atoms. The fraction of sp³-hybridized carbons (Fsp3) is 0.905. The highest BCUT2D eigenvalue weighted by molar-refractivity contribution is 7.47. The van der Waals surface area contributed by atoms with E-state index in [1.807, 2.05) is 21.1 Å². The van der Waals surface area contributed by atoms with Gasteiger partial charge < -0.3 is 18.9 Å². The average molecular weight is 763 g/mol. The number of ether oxygens (including phenoxy) is 2. The SMILES string of the molecule is CCCCCCCCC=CCCCCCCCC(=O)O[C@H](CO[14C](=O)CCCCCCCCCCCCCCC)COP(=O)(O)OCC[N+](C)(C)C. The number of phosphoric ester groups is 1. The van der Waals surface area contributed by atoms with Gasteiger partial charge in [0.05, 0.1) is 27.7 Å². The van der Waals surface area contributed by atoms with Gasteiger partial charge >= 0.3 is 19.8 Å². The second kappa shape index (κ2) is 35.5. The lowest BCUT2D eigenvalue weighted by Gasteiger charge is -2.24. The molecule has 1 N–H and O–H groups in total. The van der Waals surface area contributed by atoms with Crippen molar-refractivity contribution in [1.82, 2.24) is 0 Å². The summed E-state index contributed by atoms with van der Waals surface area (Å²) in [6, 6.07) is 0. The molecule has 0 aromatic rings. The maximum Gasteiger partial charge on any atom is 0.472 e. The summed E-state index contributed by atoms with van der Waals surface area (Å²) in [5.41, 5.74) is 0. The molecule has 9 nitrogen and oxygen atoms in total. The molecule has 0 aliphatic rings. The quantitative estimate of drug-likeness (QED) is 0.0217. The molecule has 0 amide bonds. The molecule has 0 saturated carbocycles. The van der Waals surface area contributed by atoms with Crippen LogP contribution in [0.15, 0.2) is 12.2 Å². The number of likely N-dealkylation sites (N-methyl/N-ethyl adjacent to an activating group) is 1. The third-order valence-corrected chi connectivity index (χ3v) is 10.3. The highest BCUT2D eigenvalue weighted by atomic mass is 31.2. The van der Waals surface area contributed by atoms with E-state index in [4.69, 9.17) is 18.5 Å². The van der Waals surface area contributed by atoms with Gasteiger partial charge in [0.25, 0.3) is 0 Å². The Bertz CT molecular complexity index is 907. The lowest BCUT2D eigenvalue weighted by Crippen LogP contribution is -2.37. The van der Waals surface area contributed by atoms with E-state index in [9.17, 15) is 19.0 Å². The number of carbonyl (C=O) groups excluding carboxylic acids is 2. The summed E-state index contributed by atoms with van der Waals surface area (Å²) in [7, 11) is 1.48. The minimum absolute atomic E-state index is 0.0331. The lowest BCUT2D eigenvalue weighted by molar-refractivity contribution is -0.870. The first-order chi connectivity index (χ1) is 25.0.